The zero-order chi connectivity index (χ0) is 25.7. The molecule has 0 radical (unpaired) electrons. The van der Waals surface area contributed by atoms with Crippen LogP contribution in [0.3, 0.4) is 0 Å². The molecule has 1 fully saturated rings. The van der Waals surface area contributed by atoms with Gasteiger partial charge in [-0.05, 0) is 19.1 Å². The standard InChI is InChI=1S/C23H27F2N11/c1-14-19(30-5-4-29-14)20(27)32-22-16(13-26)21(33-23(28)34-22)31-6-7-35-8-10-36(11-9-35)18-3-2-15(24)12-17(18)25/h2-5,12-13,26H,6-11H2,1H3,(H5,27,28,31,32,33,34). The molecule has 1 aliphatic rings. The number of hydrogen-bond donors (Lipinski definition) is 4. The molecule has 6 N–H and O–H groups in total. The number of halogens is 2. The molecule has 0 aliphatic carbocycles. The molecule has 1 aliphatic heterocycles. The van der Waals surface area contributed by atoms with E-state index in [0.717, 1.165) is 12.3 Å². The molecule has 188 valence electrons. The molecule has 2 aromatic heterocycles. The van der Waals surface area contributed by atoms with Crippen LogP contribution >= 0.6 is 0 Å². The molecular formula is C23H27F2N11. The van der Waals surface area contributed by atoms with Crippen molar-refractivity contribution < 1.29 is 8.78 Å². The van der Waals surface area contributed by atoms with Gasteiger partial charge in [0.05, 0.1) is 16.9 Å². The van der Waals surface area contributed by atoms with E-state index in [9.17, 15) is 8.78 Å². The van der Waals surface area contributed by atoms with Crippen molar-refractivity contribution >= 4 is 35.3 Å². The number of benzene rings is 1. The molecule has 4 rings (SSSR count). The monoisotopic (exact) mass is 495 g/mol. The molecule has 1 saturated heterocycles. The molecule has 0 saturated carbocycles. The minimum atomic E-state index is -0.587. The van der Waals surface area contributed by atoms with Gasteiger partial charge in [-0.25, -0.2) is 18.8 Å². The first kappa shape index (κ1) is 24.9. The summed E-state index contributed by atoms with van der Waals surface area (Å²) in [6, 6.07) is 3.64. The Hall–Kier alpha value is -4.26. The van der Waals surface area contributed by atoms with Crippen LogP contribution in [-0.4, -0.2) is 76.2 Å². The highest BCUT2D eigenvalue weighted by Gasteiger charge is 2.20. The molecule has 11 nitrogen and oxygen atoms in total. The molecule has 0 spiro atoms. The van der Waals surface area contributed by atoms with E-state index in [0.29, 0.717) is 67.7 Å². The van der Waals surface area contributed by atoms with E-state index < -0.39 is 11.6 Å². The number of nitrogens with two attached hydrogens (primary N) is 2. The zero-order valence-electron chi connectivity index (χ0n) is 19.7. The van der Waals surface area contributed by atoms with E-state index in [1.165, 1.54) is 18.3 Å². The quantitative estimate of drug-likeness (QED) is 0.270. The second-order valence-electron chi connectivity index (χ2n) is 8.15. The van der Waals surface area contributed by atoms with E-state index >= 15 is 0 Å². The minimum absolute atomic E-state index is 0.0135. The van der Waals surface area contributed by atoms with Crippen LogP contribution in [-0.2, 0) is 0 Å². The summed E-state index contributed by atoms with van der Waals surface area (Å²) in [4.78, 5) is 25.2. The maximum absolute atomic E-state index is 14.1. The van der Waals surface area contributed by atoms with Gasteiger partial charge in [0, 0.05) is 63.9 Å². The Morgan fingerprint density at radius 1 is 1.17 bits per heavy atom. The Morgan fingerprint density at radius 3 is 2.61 bits per heavy atom. The summed E-state index contributed by atoms with van der Waals surface area (Å²) in [7, 11) is 0. The van der Waals surface area contributed by atoms with Crippen LogP contribution < -0.4 is 21.7 Å². The lowest BCUT2D eigenvalue weighted by molar-refractivity contribution is 0.266. The Labute approximate surface area is 206 Å². The maximum atomic E-state index is 14.1. The molecule has 13 heteroatoms. The van der Waals surface area contributed by atoms with E-state index in [4.69, 9.17) is 16.9 Å². The lowest BCUT2D eigenvalue weighted by atomic mass is 10.2. The van der Waals surface area contributed by atoms with Crippen LogP contribution in [0.1, 0.15) is 17.0 Å². The van der Waals surface area contributed by atoms with Crippen LogP contribution in [0.15, 0.2) is 35.6 Å². The summed E-state index contributed by atoms with van der Waals surface area (Å²) in [6.07, 6.45) is 4.16. The van der Waals surface area contributed by atoms with E-state index in [2.05, 4.69) is 35.1 Å². The highest BCUT2D eigenvalue weighted by molar-refractivity contribution is 6.00. The number of aliphatic imine (C=N–C) groups is 1. The Kier molecular flexibility index (Phi) is 7.59. The van der Waals surface area contributed by atoms with E-state index in [-0.39, 0.29) is 17.6 Å². The second-order valence-corrected chi connectivity index (χ2v) is 8.15. The third-order valence-electron chi connectivity index (χ3n) is 5.78. The third kappa shape index (κ3) is 5.68. The molecular weight excluding hydrogens is 468 g/mol. The number of nitrogen functional groups attached to an aromatic ring is 1. The SMILES string of the molecule is Cc1nccnc1C(N)=Nc1nc(N)nc(NCCN2CCN(c3ccc(F)cc3F)CC2)c1C=N. The summed E-state index contributed by atoms with van der Waals surface area (Å²) in [6.45, 7) is 5.63. The first-order valence-electron chi connectivity index (χ1n) is 11.3. The Morgan fingerprint density at radius 2 is 1.92 bits per heavy atom. The fourth-order valence-corrected chi connectivity index (χ4v) is 3.94. The van der Waals surface area contributed by atoms with E-state index in [1.807, 2.05) is 4.90 Å². The fourth-order valence-electron chi connectivity index (χ4n) is 3.94. The largest absolute Gasteiger partial charge is 0.382 e. The van der Waals surface area contributed by atoms with E-state index in [1.54, 1.807) is 13.1 Å². The van der Waals surface area contributed by atoms with Gasteiger partial charge in [-0.1, -0.05) is 0 Å². The van der Waals surface area contributed by atoms with Gasteiger partial charge in [0.1, 0.15) is 23.1 Å². The summed E-state index contributed by atoms with van der Waals surface area (Å²) >= 11 is 0. The molecule has 0 amide bonds. The van der Waals surface area contributed by atoms with Gasteiger partial charge in [-0.3, -0.25) is 9.88 Å². The number of rotatable bonds is 8. The summed E-state index contributed by atoms with van der Waals surface area (Å²) in [5.74, 6) is -0.539. The molecule has 3 heterocycles. The van der Waals surface area contributed by atoms with Crippen molar-refractivity contribution in [1.29, 1.82) is 5.41 Å². The van der Waals surface area contributed by atoms with Crippen molar-refractivity contribution in [1.82, 2.24) is 24.8 Å². The second kappa shape index (κ2) is 11.0. The smallest absolute Gasteiger partial charge is 0.224 e. The fraction of sp³-hybridized carbons (Fsp3) is 0.304. The number of anilines is 3. The number of piperazine rings is 1. The molecule has 36 heavy (non-hydrogen) atoms. The lowest BCUT2D eigenvalue weighted by Crippen LogP contribution is -2.48. The number of aryl methyl sites for hydroxylation is 1. The van der Waals surface area contributed by atoms with Gasteiger partial charge in [-0.15, -0.1) is 0 Å². The number of hydrogen-bond acceptors (Lipinski definition) is 10. The van der Waals surface area contributed by atoms with Crippen molar-refractivity contribution in [2.45, 2.75) is 6.92 Å². The van der Waals surface area contributed by atoms with Gasteiger partial charge in [0.25, 0.3) is 0 Å². The van der Waals surface area contributed by atoms with Crippen molar-refractivity contribution in [3.63, 3.8) is 0 Å². The molecule has 3 aromatic rings. The van der Waals surface area contributed by atoms with Crippen molar-refractivity contribution in [2.24, 2.45) is 10.7 Å². The Bertz CT molecular complexity index is 1270. The van der Waals surface area contributed by atoms with Crippen LogP contribution in [0.5, 0.6) is 0 Å². The predicted octanol–water partition coefficient (Wildman–Crippen LogP) is 1.70. The van der Waals surface area contributed by atoms with Crippen LogP contribution in [0, 0.1) is 24.0 Å². The number of nitrogens with one attached hydrogen (secondary N) is 2. The first-order valence-corrected chi connectivity index (χ1v) is 11.3. The van der Waals surface area contributed by atoms with Gasteiger partial charge in [0.15, 0.2) is 11.7 Å². The van der Waals surface area contributed by atoms with Gasteiger partial charge in [-0.2, -0.15) is 9.97 Å². The Balaban J connectivity index is 1.39. The number of aromatic nitrogens is 4. The average molecular weight is 496 g/mol. The molecule has 0 bridgehead atoms. The topological polar surface area (TPSA) is 158 Å². The van der Waals surface area contributed by atoms with Crippen LogP contribution in [0.25, 0.3) is 0 Å². The first-order chi connectivity index (χ1) is 17.4. The average Bonchev–Trinajstić information content (AvgIpc) is 2.85. The molecule has 0 unspecified atom stereocenters. The van der Waals surface area contributed by atoms with Gasteiger partial charge in [0.2, 0.25) is 5.95 Å². The predicted molar refractivity (Wildman–Crippen MR) is 135 cm³/mol. The van der Waals surface area contributed by atoms with Crippen molar-refractivity contribution in [2.75, 3.05) is 55.2 Å². The summed E-state index contributed by atoms with van der Waals surface area (Å²) in [5, 5.41) is 11.1. The molecule has 1 aromatic carbocycles. The summed E-state index contributed by atoms with van der Waals surface area (Å²) in [5.41, 5.74) is 13.8. The highest BCUT2D eigenvalue weighted by atomic mass is 19.1. The van der Waals surface area contributed by atoms with Crippen molar-refractivity contribution in [3.05, 3.63) is 59.2 Å². The minimum Gasteiger partial charge on any atom is -0.382 e. The number of amidine groups is 1. The molecule has 0 atom stereocenters. The van der Waals surface area contributed by atoms with Gasteiger partial charge >= 0.3 is 0 Å². The lowest BCUT2D eigenvalue weighted by Gasteiger charge is -2.36. The normalized spacial score (nSPS) is 14.6. The van der Waals surface area contributed by atoms with Gasteiger partial charge < -0.3 is 27.1 Å². The van der Waals surface area contributed by atoms with Crippen LogP contribution in [0.4, 0.5) is 32.1 Å². The zero-order valence-corrected chi connectivity index (χ0v) is 19.7. The maximum Gasteiger partial charge on any atom is 0.224 e. The van der Waals surface area contributed by atoms with Crippen molar-refractivity contribution in [3.8, 4) is 0 Å². The third-order valence-corrected chi connectivity index (χ3v) is 5.78. The van der Waals surface area contributed by atoms with Crippen LogP contribution in [0.2, 0.25) is 0 Å². The highest BCUT2D eigenvalue weighted by Crippen LogP contribution is 2.24. The number of nitrogens with zero attached hydrogens (tertiary/aromatic N) is 7. The summed E-state index contributed by atoms with van der Waals surface area (Å²) < 4.78 is 27.3.